The molecule has 1 fully saturated rings. The first-order chi connectivity index (χ1) is 11.7. The summed E-state index contributed by atoms with van der Waals surface area (Å²) in [7, 11) is 0. The van der Waals surface area contributed by atoms with Gasteiger partial charge in [-0.3, -0.25) is 9.59 Å². The van der Waals surface area contributed by atoms with Crippen molar-refractivity contribution in [1.82, 2.24) is 14.9 Å². The number of para-hydroxylation sites is 1. The molecule has 124 valence electrons. The van der Waals surface area contributed by atoms with Crippen molar-refractivity contribution in [2.24, 2.45) is 5.92 Å². The van der Waals surface area contributed by atoms with Gasteiger partial charge in [-0.25, -0.2) is 4.98 Å². The maximum atomic E-state index is 12.6. The Morgan fingerprint density at radius 3 is 2.88 bits per heavy atom. The number of benzene rings is 1. The van der Waals surface area contributed by atoms with Gasteiger partial charge in [0.25, 0.3) is 0 Å². The minimum atomic E-state index is -0.276. The molecule has 4 rings (SSSR count). The molecular weight excluding hydrogens is 304 g/mol. The third-order valence-corrected chi connectivity index (χ3v) is 4.85. The maximum Gasteiger partial charge on any atom is 0.227 e. The largest absolute Gasteiger partial charge is 0.351 e. The summed E-state index contributed by atoms with van der Waals surface area (Å²) >= 11 is 0. The topological polar surface area (TPSA) is 67.2 Å². The molecule has 0 spiro atoms. The van der Waals surface area contributed by atoms with E-state index in [1.807, 2.05) is 36.5 Å². The van der Waals surface area contributed by atoms with E-state index >= 15 is 0 Å². The number of aromatic nitrogens is 2. The van der Waals surface area contributed by atoms with E-state index < -0.39 is 0 Å². The van der Waals surface area contributed by atoms with Crippen molar-refractivity contribution in [3.8, 4) is 0 Å². The van der Waals surface area contributed by atoms with Crippen LogP contribution in [0.2, 0.25) is 0 Å². The van der Waals surface area contributed by atoms with E-state index in [1.54, 1.807) is 11.1 Å². The molecule has 1 N–H and O–H groups in total. The van der Waals surface area contributed by atoms with Gasteiger partial charge in [-0.1, -0.05) is 18.2 Å². The Bertz CT molecular complexity index is 755. The van der Waals surface area contributed by atoms with Crippen LogP contribution < -0.4 is 10.2 Å². The number of carbonyl (C=O) groups is 2. The number of hydrogen-bond donors (Lipinski definition) is 1. The molecule has 2 aliphatic rings. The second-order valence-corrected chi connectivity index (χ2v) is 6.48. The lowest BCUT2D eigenvalue weighted by Gasteiger charge is -2.26. The first kappa shape index (κ1) is 14.9. The van der Waals surface area contributed by atoms with Gasteiger partial charge in [-0.15, -0.1) is 0 Å². The third-order valence-electron chi connectivity index (χ3n) is 4.85. The summed E-state index contributed by atoms with van der Waals surface area (Å²) in [6, 6.07) is 9.64. The van der Waals surface area contributed by atoms with Gasteiger partial charge in [-0.2, -0.15) is 0 Å². The van der Waals surface area contributed by atoms with E-state index in [4.69, 9.17) is 0 Å². The number of amides is 2. The predicted octanol–water partition coefficient (Wildman–Crippen LogP) is 1.37. The summed E-state index contributed by atoms with van der Waals surface area (Å²) in [5.41, 5.74) is 0.860. The average molecular weight is 324 g/mol. The number of nitrogens with zero attached hydrogens (tertiary/aromatic N) is 3. The van der Waals surface area contributed by atoms with Gasteiger partial charge in [0.1, 0.15) is 5.82 Å². The second kappa shape index (κ2) is 6.11. The first-order valence-corrected chi connectivity index (χ1v) is 8.36. The van der Waals surface area contributed by atoms with E-state index in [9.17, 15) is 9.59 Å². The molecule has 0 unspecified atom stereocenters. The normalized spacial score (nSPS) is 23.2. The van der Waals surface area contributed by atoms with Crippen molar-refractivity contribution >= 4 is 17.5 Å². The lowest BCUT2D eigenvalue weighted by Crippen LogP contribution is -2.44. The number of nitrogens with one attached hydrogen (secondary N) is 1. The lowest BCUT2D eigenvalue weighted by atomic mass is 10.0. The van der Waals surface area contributed by atoms with Crippen molar-refractivity contribution in [3.05, 3.63) is 48.5 Å². The molecule has 1 aromatic heterocycles. The van der Waals surface area contributed by atoms with Crippen LogP contribution in [-0.4, -0.2) is 34.0 Å². The second-order valence-electron chi connectivity index (χ2n) is 6.48. The van der Waals surface area contributed by atoms with E-state index in [-0.39, 0.29) is 30.2 Å². The number of hydrogen-bond acceptors (Lipinski definition) is 3. The summed E-state index contributed by atoms with van der Waals surface area (Å²) in [5, 5.41) is 3.12. The molecule has 0 radical (unpaired) electrons. The average Bonchev–Trinajstić information content (AvgIpc) is 3.21. The summed E-state index contributed by atoms with van der Waals surface area (Å²) in [5.74, 6) is 0.797. The molecule has 2 atom stereocenters. The molecule has 24 heavy (non-hydrogen) atoms. The van der Waals surface area contributed by atoms with Crippen LogP contribution in [0.4, 0.5) is 5.69 Å². The van der Waals surface area contributed by atoms with E-state index in [1.165, 1.54) is 0 Å². The van der Waals surface area contributed by atoms with Crippen molar-refractivity contribution in [2.45, 2.75) is 31.8 Å². The van der Waals surface area contributed by atoms with E-state index in [2.05, 4.69) is 14.9 Å². The van der Waals surface area contributed by atoms with Crippen molar-refractivity contribution in [1.29, 1.82) is 0 Å². The monoisotopic (exact) mass is 324 g/mol. The fraction of sp³-hybridized carbons (Fsp3) is 0.389. The third kappa shape index (κ3) is 2.79. The zero-order chi connectivity index (χ0) is 16.5. The molecule has 0 aliphatic carbocycles. The van der Waals surface area contributed by atoms with Gasteiger partial charge in [0.05, 0.1) is 5.92 Å². The Labute approximate surface area is 140 Å². The first-order valence-electron chi connectivity index (χ1n) is 8.36. The molecule has 6 nitrogen and oxygen atoms in total. The Morgan fingerprint density at radius 1 is 1.21 bits per heavy atom. The molecule has 2 aliphatic heterocycles. The number of aryl methyl sites for hydroxylation is 1. The van der Waals surface area contributed by atoms with Gasteiger partial charge in [0.15, 0.2) is 0 Å². The molecule has 3 heterocycles. The van der Waals surface area contributed by atoms with Crippen LogP contribution >= 0.6 is 0 Å². The fourth-order valence-corrected chi connectivity index (χ4v) is 3.54. The Morgan fingerprint density at radius 2 is 2.04 bits per heavy atom. The number of imidazole rings is 1. The van der Waals surface area contributed by atoms with Crippen molar-refractivity contribution < 1.29 is 9.59 Å². The van der Waals surface area contributed by atoms with Crippen LogP contribution in [0.15, 0.2) is 42.7 Å². The number of rotatable bonds is 3. The highest BCUT2D eigenvalue weighted by Crippen LogP contribution is 2.25. The highest BCUT2D eigenvalue weighted by atomic mass is 16.2. The van der Waals surface area contributed by atoms with Crippen LogP contribution in [0.25, 0.3) is 0 Å². The molecule has 0 bridgehead atoms. The fourth-order valence-electron chi connectivity index (χ4n) is 3.54. The molecule has 6 heteroatoms. The highest BCUT2D eigenvalue weighted by molar-refractivity contribution is 6.00. The van der Waals surface area contributed by atoms with Gasteiger partial charge in [-0.05, 0) is 18.6 Å². The van der Waals surface area contributed by atoms with Crippen LogP contribution in [0.1, 0.15) is 18.7 Å². The molecule has 2 aromatic rings. The van der Waals surface area contributed by atoms with Gasteiger partial charge >= 0.3 is 0 Å². The van der Waals surface area contributed by atoms with Crippen LogP contribution in [0, 0.1) is 5.92 Å². The van der Waals surface area contributed by atoms with E-state index in [0.717, 1.165) is 30.9 Å². The molecule has 1 aromatic carbocycles. The summed E-state index contributed by atoms with van der Waals surface area (Å²) in [6.45, 7) is 1.21. The van der Waals surface area contributed by atoms with Crippen LogP contribution in [-0.2, 0) is 22.6 Å². The quantitative estimate of drug-likeness (QED) is 0.927. The lowest BCUT2D eigenvalue weighted by molar-refractivity contribution is -0.127. The Hall–Kier alpha value is -2.63. The summed E-state index contributed by atoms with van der Waals surface area (Å²) in [6.07, 6.45) is 5.80. The molecular formula is C18H20N4O2. The van der Waals surface area contributed by atoms with Gasteiger partial charge in [0.2, 0.25) is 11.8 Å². The van der Waals surface area contributed by atoms with E-state index in [0.29, 0.717) is 6.54 Å². The minimum absolute atomic E-state index is 0.0156. The summed E-state index contributed by atoms with van der Waals surface area (Å²) in [4.78, 5) is 30.8. The number of fused-ring (bicyclic) bond motifs is 1. The summed E-state index contributed by atoms with van der Waals surface area (Å²) < 4.78 is 2.09. The SMILES string of the molecule is O=C(N[C@H]1CCc2nccn2C1)[C@@H]1CC(=O)N(c2ccccc2)C1. The zero-order valence-electron chi connectivity index (χ0n) is 13.4. The number of anilines is 1. The predicted molar refractivity (Wildman–Crippen MR) is 89.4 cm³/mol. The van der Waals surface area contributed by atoms with Gasteiger partial charge in [0, 0.05) is 50.1 Å². The molecule has 0 saturated carbocycles. The van der Waals surface area contributed by atoms with Crippen LogP contribution in [0.5, 0.6) is 0 Å². The molecule has 2 amide bonds. The van der Waals surface area contributed by atoms with Gasteiger partial charge < -0.3 is 14.8 Å². The zero-order valence-corrected chi connectivity index (χ0v) is 13.4. The smallest absolute Gasteiger partial charge is 0.227 e. The standard InChI is InChI=1S/C18H20N4O2/c23-17-10-13(11-22(17)15-4-2-1-3-5-15)18(24)20-14-6-7-16-19-8-9-21(16)12-14/h1-5,8-9,13-14H,6-7,10-12H2,(H,20,24)/t13-,14+/m1/s1. The Balaban J connectivity index is 1.38. The minimum Gasteiger partial charge on any atom is -0.351 e. The number of carbonyl (C=O) groups excluding carboxylic acids is 2. The highest BCUT2D eigenvalue weighted by Gasteiger charge is 2.36. The van der Waals surface area contributed by atoms with Crippen molar-refractivity contribution in [3.63, 3.8) is 0 Å². The Kier molecular flexibility index (Phi) is 3.80. The maximum absolute atomic E-state index is 12.6. The van der Waals surface area contributed by atoms with Crippen LogP contribution in [0.3, 0.4) is 0 Å². The molecule has 1 saturated heterocycles. The van der Waals surface area contributed by atoms with Crippen molar-refractivity contribution in [2.75, 3.05) is 11.4 Å².